The van der Waals surface area contributed by atoms with Crippen LogP contribution in [0.25, 0.3) is 22.6 Å². The normalized spacial score (nSPS) is 15.9. The van der Waals surface area contributed by atoms with E-state index in [1.54, 1.807) is 10.5 Å². The van der Waals surface area contributed by atoms with Crippen molar-refractivity contribution >= 4 is 11.2 Å². The average Bonchev–Trinajstić information content (AvgIpc) is 3.18. The van der Waals surface area contributed by atoms with E-state index in [1.165, 1.54) is 5.56 Å². The molecule has 5 rings (SSSR count). The van der Waals surface area contributed by atoms with Crippen molar-refractivity contribution in [1.29, 1.82) is 0 Å². The quantitative estimate of drug-likeness (QED) is 0.512. The molecule has 1 aliphatic heterocycles. The van der Waals surface area contributed by atoms with Gasteiger partial charge in [-0.2, -0.15) is 5.10 Å². The lowest BCUT2D eigenvalue weighted by atomic mass is 9.90. The summed E-state index contributed by atoms with van der Waals surface area (Å²) in [6, 6.07) is 5.78. The first-order chi connectivity index (χ1) is 14.9. The Morgan fingerprint density at radius 3 is 2.55 bits per heavy atom. The van der Waals surface area contributed by atoms with Crippen LogP contribution in [-0.4, -0.2) is 49.0 Å². The SMILES string of the molecule is CCc1nc(C)cn2nc(-c3cc(=O)n4cc(C5CCN(C)CC5)cc(C)c4n3)cc12. The Labute approximate surface area is 181 Å². The fourth-order valence-corrected chi connectivity index (χ4v) is 4.66. The summed E-state index contributed by atoms with van der Waals surface area (Å²) in [5, 5.41) is 4.69. The van der Waals surface area contributed by atoms with Gasteiger partial charge in [0.1, 0.15) is 11.3 Å². The molecule has 0 aliphatic carbocycles. The molecule has 5 heterocycles. The first-order valence-corrected chi connectivity index (χ1v) is 11.0. The van der Waals surface area contributed by atoms with Gasteiger partial charge in [-0.25, -0.2) is 9.50 Å². The first-order valence-electron chi connectivity index (χ1n) is 11.0. The molecule has 0 unspecified atom stereocenters. The minimum atomic E-state index is -0.0695. The van der Waals surface area contributed by atoms with Crippen LogP contribution in [0.3, 0.4) is 0 Å². The molecule has 1 aliphatic rings. The van der Waals surface area contributed by atoms with Gasteiger partial charge in [-0.05, 0) is 76.4 Å². The second-order valence-corrected chi connectivity index (χ2v) is 8.75. The smallest absolute Gasteiger partial charge is 0.258 e. The Morgan fingerprint density at radius 2 is 1.81 bits per heavy atom. The monoisotopic (exact) mass is 416 g/mol. The lowest BCUT2D eigenvalue weighted by molar-refractivity contribution is 0.255. The van der Waals surface area contributed by atoms with Gasteiger partial charge in [0.2, 0.25) is 0 Å². The van der Waals surface area contributed by atoms with E-state index in [2.05, 4.69) is 35.0 Å². The zero-order chi connectivity index (χ0) is 21.7. The highest BCUT2D eigenvalue weighted by Gasteiger charge is 2.20. The van der Waals surface area contributed by atoms with Gasteiger partial charge < -0.3 is 4.90 Å². The summed E-state index contributed by atoms with van der Waals surface area (Å²) in [5.74, 6) is 0.493. The van der Waals surface area contributed by atoms with Crippen molar-refractivity contribution in [3.8, 4) is 11.4 Å². The van der Waals surface area contributed by atoms with Crippen LogP contribution in [0.2, 0.25) is 0 Å². The number of nitrogens with zero attached hydrogens (tertiary/aromatic N) is 6. The molecule has 160 valence electrons. The molecular formula is C24H28N6O. The Hall–Kier alpha value is -3.06. The van der Waals surface area contributed by atoms with Gasteiger partial charge in [-0.3, -0.25) is 14.2 Å². The number of likely N-dealkylation sites (tertiary alicyclic amines) is 1. The highest BCUT2D eigenvalue weighted by atomic mass is 16.1. The van der Waals surface area contributed by atoms with Gasteiger partial charge in [0.05, 0.1) is 28.8 Å². The number of aryl methyl sites for hydroxylation is 3. The molecule has 0 saturated carbocycles. The van der Waals surface area contributed by atoms with Crippen molar-refractivity contribution in [3.05, 3.63) is 63.5 Å². The fourth-order valence-electron chi connectivity index (χ4n) is 4.66. The third-order valence-corrected chi connectivity index (χ3v) is 6.41. The minimum absolute atomic E-state index is 0.0695. The lowest BCUT2D eigenvalue weighted by Gasteiger charge is -2.29. The van der Waals surface area contributed by atoms with Crippen LogP contribution in [0.5, 0.6) is 0 Å². The zero-order valence-corrected chi connectivity index (χ0v) is 18.6. The summed E-state index contributed by atoms with van der Waals surface area (Å²) < 4.78 is 3.54. The van der Waals surface area contributed by atoms with Crippen LogP contribution in [0.1, 0.15) is 48.2 Å². The molecule has 4 aromatic rings. The summed E-state index contributed by atoms with van der Waals surface area (Å²) in [4.78, 5) is 24.9. The maximum Gasteiger partial charge on any atom is 0.258 e. The predicted octanol–water partition coefficient (Wildman–Crippen LogP) is 3.39. The molecule has 31 heavy (non-hydrogen) atoms. The number of hydrogen-bond acceptors (Lipinski definition) is 5. The molecule has 4 aromatic heterocycles. The number of piperidine rings is 1. The Balaban J connectivity index is 1.60. The van der Waals surface area contributed by atoms with Crippen molar-refractivity contribution in [2.75, 3.05) is 20.1 Å². The molecule has 0 radical (unpaired) electrons. The lowest BCUT2D eigenvalue weighted by Crippen LogP contribution is -2.29. The molecule has 0 spiro atoms. The number of pyridine rings is 1. The van der Waals surface area contributed by atoms with Gasteiger partial charge in [0.25, 0.3) is 5.56 Å². The number of fused-ring (bicyclic) bond motifs is 2. The highest BCUT2D eigenvalue weighted by molar-refractivity contribution is 5.67. The molecule has 0 atom stereocenters. The van der Waals surface area contributed by atoms with Gasteiger partial charge >= 0.3 is 0 Å². The first kappa shape index (κ1) is 19.9. The second-order valence-electron chi connectivity index (χ2n) is 8.75. The molecular weight excluding hydrogens is 388 g/mol. The van der Waals surface area contributed by atoms with Crippen LogP contribution in [-0.2, 0) is 6.42 Å². The predicted molar refractivity (Wildman–Crippen MR) is 122 cm³/mol. The molecule has 1 fully saturated rings. The topological polar surface area (TPSA) is 67.8 Å². The summed E-state index contributed by atoms with van der Waals surface area (Å²) in [7, 11) is 2.16. The molecule has 0 amide bonds. The van der Waals surface area contributed by atoms with E-state index >= 15 is 0 Å². The maximum absolute atomic E-state index is 13.1. The third-order valence-electron chi connectivity index (χ3n) is 6.41. The van der Waals surface area contributed by atoms with Crippen molar-refractivity contribution in [3.63, 3.8) is 0 Å². The Kier molecular flexibility index (Phi) is 4.85. The molecule has 7 nitrogen and oxygen atoms in total. The van der Waals surface area contributed by atoms with E-state index in [9.17, 15) is 4.79 Å². The summed E-state index contributed by atoms with van der Waals surface area (Å²) in [6.45, 7) is 8.27. The van der Waals surface area contributed by atoms with Crippen molar-refractivity contribution in [2.24, 2.45) is 0 Å². The fraction of sp³-hybridized carbons (Fsp3) is 0.417. The van der Waals surface area contributed by atoms with Crippen molar-refractivity contribution < 1.29 is 0 Å². The molecule has 1 saturated heterocycles. The number of aromatic nitrogens is 5. The summed E-state index contributed by atoms with van der Waals surface area (Å²) >= 11 is 0. The van der Waals surface area contributed by atoms with E-state index in [1.807, 2.05) is 36.8 Å². The third kappa shape index (κ3) is 3.53. The molecule has 0 aromatic carbocycles. The standard InChI is InChI=1S/C24H28N6O/c1-5-19-22-11-21(27-30(22)13-16(3)25-19)20-12-23(31)29-14-18(10-15(2)24(29)26-20)17-6-8-28(4)9-7-17/h10-14,17H,5-9H2,1-4H3. The summed E-state index contributed by atoms with van der Waals surface area (Å²) in [5.41, 5.74) is 7.05. The molecule has 0 bridgehead atoms. The minimum Gasteiger partial charge on any atom is -0.306 e. The second kappa shape index (κ2) is 7.57. The van der Waals surface area contributed by atoms with E-state index in [0.717, 1.165) is 54.8 Å². The van der Waals surface area contributed by atoms with Crippen LogP contribution in [0.15, 0.2) is 35.4 Å². The van der Waals surface area contributed by atoms with Gasteiger partial charge in [0, 0.05) is 12.3 Å². The van der Waals surface area contributed by atoms with Gasteiger partial charge in [-0.15, -0.1) is 0 Å². The Bertz CT molecular complexity index is 1340. The van der Waals surface area contributed by atoms with E-state index < -0.39 is 0 Å². The average molecular weight is 417 g/mol. The Morgan fingerprint density at radius 1 is 1.03 bits per heavy atom. The number of hydrogen-bond donors (Lipinski definition) is 0. The van der Waals surface area contributed by atoms with Crippen LogP contribution >= 0.6 is 0 Å². The largest absolute Gasteiger partial charge is 0.306 e. The van der Waals surface area contributed by atoms with Crippen LogP contribution in [0, 0.1) is 13.8 Å². The molecule has 7 heteroatoms. The summed E-state index contributed by atoms with van der Waals surface area (Å²) in [6.07, 6.45) is 6.96. The van der Waals surface area contributed by atoms with Crippen LogP contribution in [0.4, 0.5) is 0 Å². The van der Waals surface area contributed by atoms with Crippen molar-refractivity contribution in [1.82, 2.24) is 28.9 Å². The zero-order valence-electron chi connectivity index (χ0n) is 18.6. The van der Waals surface area contributed by atoms with E-state index in [-0.39, 0.29) is 5.56 Å². The van der Waals surface area contributed by atoms with E-state index in [4.69, 9.17) is 4.98 Å². The van der Waals surface area contributed by atoms with Gasteiger partial charge in [-0.1, -0.05) is 13.0 Å². The number of rotatable bonds is 3. The maximum atomic E-state index is 13.1. The van der Waals surface area contributed by atoms with Crippen molar-refractivity contribution in [2.45, 2.75) is 46.0 Å². The van der Waals surface area contributed by atoms with Gasteiger partial charge in [0.15, 0.2) is 0 Å². The highest BCUT2D eigenvalue weighted by Crippen LogP contribution is 2.29. The van der Waals surface area contributed by atoms with E-state index in [0.29, 0.717) is 23.0 Å². The molecule has 0 N–H and O–H groups in total. The van der Waals surface area contributed by atoms with Crippen LogP contribution < -0.4 is 5.56 Å².